The molecule has 0 aromatic heterocycles. The first-order valence-corrected chi connectivity index (χ1v) is 10.5. The molecule has 2 N–H and O–H groups in total. The molecule has 3 aromatic rings. The first-order valence-electron chi connectivity index (χ1n) is 10.5. The molecule has 5 heteroatoms. The summed E-state index contributed by atoms with van der Waals surface area (Å²) >= 11 is 0. The summed E-state index contributed by atoms with van der Waals surface area (Å²) in [5.41, 5.74) is 7.93. The largest absolute Gasteiger partial charge is 0.326 e. The van der Waals surface area contributed by atoms with Crippen LogP contribution in [0.15, 0.2) is 90.0 Å². The molecule has 162 valence electrons. The highest BCUT2D eigenvalue weighted by molar-refractivity contribution is 6.11. The molecule has 3 aromatic carbocycles. The molecule has 0 spiro atoms. The summed E-state index contributed by atoms with van der Waals surface area (Å²) in [6.07, 6.45) is 3.92. The van der Waals surface area contributed by atoms with E-state index in [9.17, 15) is 9.59 Å². The van der Waals surface area contributed by atoms with Crippen molar-refractivity contribution in [3.8, 4) is 0 Å². The predicted octanol–water partition coefficient (Wildman–Crippen LogP) is 5.26. The third kappa shape index (κ3) is 7.06. The third-order valence-corrected chi connectivity index (χ3v) is 4.85. The average Bonchev–Trinajstić information content (AvgIpc) is 2.81. The molecule has 0 unspecified atom stereocenters. The van der Waals surface area contributed by atoms with Gasteiger partial charge in [-0.15, -0.1) is 0 Å². The zero-order valence-corrected chi connectivity index (χ0v) is 18.3. The van der Waals surface area contributed by atoms with E-state index < -0.39 is 0 Å². The summed E-state index contributed by atoms with van der Waals surface area (Å²) in [6.45, 7) is 3.90. The van der Waals surface area contributed by atoms with Crippen LogP contribution in [0.25, 0.3) is 6.08 Å². The van der Waals surface area contributed by atoms with Crippen LogP contribution in [-0.2, 0) is 9.59 Å². The molecule has 0 bridgehead atoms. The van der Waals surface area contributed by atoms with Crippen LogP contribution in [0, 0.1) is 13.8 Å². The standard InChI is InChI=1S/C27H27N3O2/c1-20-13-14-21(2)25(19-20)28-26(31)17-18-27(32)30-29-24(23-11-7-4-8-12-23)16-15-22-9-5-3-6-10-22/h3-16,19H,17-18H2,1-2H3,(H,28,31)(H,30,32)/b16-15-,29-24?. The molecule has 5 nitrogen and oxygen atoms in total. The molecule has 0 saturated heterocycles. The summed E-state index contributed by atoms with van der Waals surface area (Å²) in [7, 11) is 0. The van der Waals surface area contributed by atoms with Gasteiger partial charge < -0.3 is 5.32 Å². The van der Waals surface area contributed by atoms with Crippen molar-refractivity contribution in [2.24, 2.45) is 5.10 Å². The lowest BCUT2D eigenvalue weighted by molar-refractivity contribution is -0.124. The summed E-state index contributed by atoms with van der Waals surface area (Å²) in [6, 6.07) is 25.4. The van der Waals surface area contributed by atoms with Crippen molar-refractivity contribution in [2.45, 2.75) is 26.7 Å². The zero-order valence-electron chi connectivity index (χ0n) is 18.3. The number of nitrogens with one attached hydrogen (secondary N) is 2. The van der Waals surface area contributed by atoms with Gasteiger partial charge in [-0.25, -0.2) is 5.43 Å². The van der Waals surface area contributed by atoms with Crippen molar-refractivity contribution >= 4 is 29.3 Å². The number of amides is 2. The van der Waals surface area contributed by atoms with Crippen molar-refractivity contribution in [1.82, 2.24) is 5.43 Å². The molecule has 0 heterocycles. The first kappa shape index (κ1) is 22.7. The molecule has 0 aliphatic heterocycles. The average molecular weight is 426 g/mol. The number of hydrogen-bond acceptors (Lipinski definition) is 3. The molecule has 0 aliphatic carbocycles. The molecular weight excluding hydrogens is 398 g/mol. The Morgan fingerprint density at radius 1 is 0.844 bits per heavy atom. The van der Waals surface area contributed by atoms with E-state index in [1.807, 2.05) is 105 Å². The number of carbonyl (C=O) groups is 2. The summed E-state index contributed by atoms with van der Waals surface area (Å²) in [5, 5.41) is 7.16. The normalized spacial score (nSPS) is 11.4. The highest BCUT2D eigenvalue weighted by Crippen LogP contribution is 2.16. The van der Waals surface area contributed by atoms with Crippen LogP contribution in [-0.4, -0.2) is 17.5 Å². The van der Waals surface area contributed by atoms with E-state index >= 15 is 0 Å². The number of anilines is 1. The fourth-order valence-electron chi connectivity index (χ4n) is 3.04. The van der Waals surface area contributed by atoms with E-state index in [1.165, 1.54) is 0 Å². The Balaban J connectivity index is 1.60. The Morgan fingerprint density at radius 3 is 2.22 bits per heavy atom. The Bertz CT molecular complexity index is 1120. The van der Waals surface area contributed by atoms with E-state index in [-0.39, 0.29) is 24.7 Å². The topological polar surface area (TPSA) is 70.6 Å². The first-order chi connectivity index (χ1) is 15.5. The highest BCUT2D eigenvalue weighted by Gasteiger charge is 2.09. The van der Waals surface area contributed by atoms with Crippen molar-refractivity contribution < 1.29 is 9.59 Å². The number of aryl methyl sites for hydroxylation is 2. The van der Waals surface area contributed by atoms with E-state index in [0.717, 1.165) is 27.9 Å². The van der Waals surface area contributed by atoms with Gasteiger partial charge in [0.25, 0.3) is 0 Å². The maximum Gasteiger partial charge on any atom is 0.240 e. The fraction of sp³-hybridized carbons (Fsp3) is 0.148. The maximum atomic E-state index is 12.3. The smallest absolute Gasteiger partial charge is 0.240 e. The van der Waals surface area contributed by atoms with Crippen LogP contribution < -0.4 is 10.7 Å². The molecule has 2 amide bonds. The Labute approximate surface area is 188 Å². The molecule has 0 aliphatic rings. The van der Waals surface area contributed by atoms with Gasteiger partial charge >= 0.3 is 0 Å². The van der Waals surface area contributed by atoms with Crippen LogP contribution in [0.5, 0.6) is 0 Å². The maximum absolute atomic E-state index is 12.3. The lowest BCUT2D eigenvalue weighted by atomic mass is 10.1. The predicted molar refractivity (Wildman–Crippen MR) is 130 cm³/mol. The summed E-state index contributed by atoms with van der Waals surface area (Å²) in [5.74, 6) is -0.521. The van der Waals surface area contributed by atoms with Crippen LogP contribution in [0.4, 0.5) is 5.69 Å². The second-order valence-electron chi connectivity index (χ2n) is 7.51. The number of nitrogens with zero attached hydrogens (tertiary/aromatic N) is 1. The summed E-state index contributed by atoms with van der Waals surface area (Å²) < 4.78 is 0. The van der Waals surface area contributed by atoms with E-state index in [4.69, 9.17) is 0 Å². The lowest BCUT2D eigenvalue weighted by Gasteiger charge is -2.09. The van der Waals surface area contributed by atoms with Crippen molar-refractivity contribution in [1.29, 1.82) is 0 Å². The van der Waals surface area contributed by atoms with Gasteiger partial charge in [-0.3, -0.25) is 9.59 Å². The van der Waals surface area contributed by atoms with Crippen LogP contribution in [0.3, 0.4) is 0 Å². The molecule has 0 saturated carbocycles. The minimum absolute atomic E-state index is 0.0463. The lowest BCUT2D eigenvalue weighted by Crippen LogP contribution is -2.22. The SMILES string of the molecule is Cc1ccc(C)c(NC(=O)CCC(=O)NN=C(/C=C\c2ccccc2)c2ccccc2)c1. The van der Waals surface area contributed by atoms with Gasteiger partial charge in [0.05, 0.1) is 5.71 Å². The van der Waals surface area contributed by atoms with Crippen LogP contribution in [0.1, 0.15) is 35.1 Å². The van der Waals surface area contributed by atoms with Crippen molar-refractivity contribution in [2.75, 3.05) is 5.32 Å². The summed E-state index contributed by atoms with van der Waals surface area (Å²) in [4.78, 5) is 24.6. The Hall–Kier alpha value is -3.99. The van der Waals surface area contributed by atoms with Crippen molar-refractivity contribution in [3.63, 3.8) is 0 Å². The number of benzene rings is 3. The highest BCUT2D eigenvalue weighted by atomic mass is 16.2. The number of allylic oxidation sites excluding steroid dienone is 1. The molecule has 0 radical (unpaired) electrons. The van der Waals surface area contributed by atoms with Gasteiger partial charge in [0.15, 0.2) is 0 Å². The molecule has 0 atom stereocenters. The van der Waals surface area contributed by atoms with Gasteiger partial charge in [-0.2, -0.15) is 5.10 Å². The van der Waals surface area contributed by atoms with Gasteiger partial charge in [0.1, 0.15) is 0 Å². The second-order valence-corrected chi connectivity index (χ2v) is 7.51. The number of hydrazone groups is 1. The quantitative estimate of drug-likeness (QED) is 0.382. The second kappa shape index (κ2) is 11.4. The fourth-order valence-corrected chi connectivity index (χ4v) is 3.04. The third-order valence-electron chi connectivity index (χ3n) is 4.85. The zero-order chi connectivity index (χ0) is 22.8. The molecular formula is C27H27N3O2. The minimum Gasteiger partial charge on any atom is -0.326 e. The van der Waals surface area contributed by atoms with Gasteiger partial charge in [-0.1, -0.05) is 78.9 Å². The molecule has 3 rings (SSSR count). The van der Waals surface area contributed by atoms with Gasteiger partial charge in [0, 0.05) is 24.1 Å². The Morgan fingerprint density at radius 2 is 1.50 bits per heavy atom. The van der Waals surface area contributed by atoms with Crippen LogP contribution in [0.2, 0.25) is 0 Å². The van der Waals surface area contributed by atoms with E-state index in [1.54, 1.807) is 0 Å². The number of hydrogen-bond donors (Lipinski definition) is 2. The molecule has 0 fully saturated rings. The molecule has 32 heavy (non-hydrogen) atoms. The Kier molecular flexibility index (Phi) is 8.09. The van der Waals surface area contributed by atoms with Gasteiger partial charge in [-0.05, 0) is 42.7 Å². The monoisotopic (exact) mass is 425 g/mol. The van der Waals surface area contributed by atoms with E-state index in [0.29, 0.717) is 5.71 Å². The van der Waals surface area contributed by atoms with Gasteiger partial charge in [0.2, 0.25) is 11.8 Å². The van der Waals surface area contributed by atoms with E-state index in [2.05, 4.69) is 15.8 Å². The van der Waals surface area contributed by atoms with Crippen molar-refractivity contribution in [3.05, 3.63) is 107 Å². The minimum atomic E-state index is -0.317. The number of carbonyl (C=O) groups excluding carboxylic acids is 2. The van der Waals surface area contributed by atoms with Crippen LogP contribution >= 0.6 is 0 Å². The number of rotatable bonds is 8.